The van der Waals surface area contributed by atoms with Crippen molar-refractivity contribution in [2.24, 2.45) is 0 Å². The van der Waals surface area contributed by atoms with E-state index in [4.69, 9.17) is 4.74 Å². The summed E-state index contributed by atoms with van der Waals surface area (Å²) in [5, 5.41) is 15.4. The fraction of sp³-hybridized carbons (Fsp3) is 0.237. The maximum absolute atomic E-state index is 13.6. The number of rotatable bonds is 14. The minimum atomic E-state index is -1.13. The van der Waals surface area contributed by atoms with Crippen LogP contribution in [0.4, 0.5) is 4.79 Å². The summed E-state index contributed by atoms with van der Waals surface area (Å²) in [4.78, 5) is 38.4. The first-order valence-corrected chi connectivity index (χ1v) is 17.9. The number of hydrogen-bond donors (Lipinski definition) is 3. The van der Waals surface area contributed by atoms with Gasteiger partial charge in [0.15, 0.2) is 0 Å². The molecular formula is C38H36N2O5S2. The van der Waals surface area contributed by atoms with Crippen LogP contribution >= 0.6 is 23.5 Å². The molecule has 2 aliphatic rings. The number of benzene rings is 4. The zero-order chi connectivity index (χ0) is 32.8. The molecule has 0 spiro atoms. The quantitative estimate of drug-likeness (QED) is 0.126. The Morgan fingerprint density at radius 3 is 1.49 bits per heavy atom. The molecular weight excluding hydrogens is 629 g/mol. The summed E-state index contributed by atoms with van der Waals surface area (Å²) >= 11 is 3.02. The van der Waals surface area contributed by atoms with Crippen LogP contribution < -0.4 is 10.6 Å². The molecule has 2 amide bonds. The topological polar surface area (TPSA) is 105 Å². The van der Waals surface area contributed by atoms with Crippen LogP contribution in [0.15, 0.2) is 110 Å². The van der Waals surface area contributed by atoms with E-state index in [0.717, 1.165) is 0 Å². The number of amides is 2. The molecule has 0 saturated carbocycles. The number of hydrogen-bond acceptors (Lipinski definition) is 6. The Balaban J connectivity index is 1.10. The van der Waals surface area contributed by atoms with Crippen molar-refractivity contribution >= 4 is 41.5 Å². The van der Waals surface area contributed by atoms with Gasteiger partial charge in [-0.3, -0.25) is 4.79 Å². The number of carboxylic acids is 1. The van der Waals surface area contributed by atoms with Crippen LogP contribution in [0.1, 0.15) is 34.1 Å². The highest BCUT2D eigenvalue weighted by Crippen LogP contribution is 2.47. The lowest BCUT2D eigenvalue weighted by Crippen LogP contribution is -2.53. The van der Waals surface area contributed by atoms with Gasteiger partial charge in [0.2, 0.25) is 5.91 Å². The molecule has 240 valence electrons. The normalized spacial score (nSPS) is 14.2. The second-order valence-corrected chi connectivity index (χ2v) is 13.7. The number of nitrogens with one attached hydrogen (secondary N) is 2. The largest absolute Gasteiger partial charge is 0.480 e. The molecule has 0 aromatic heterocycles. The third kappa shape index (κ3) is 7.11. The monoisotopic (exact) mass is 664 g/mol. The number of alkyl carbamates (subject to hydrolysis) is 1. The molecule has 4 aromatic carbocycles. The summed E-state index contributed by atoms with van der Waals surface area (Å²) in [5.74, 6) is 0.352. The van der Waals surface area contributed by atoms with E-state index < -0.39 is 30.1 Å². The van der Waals surface area contributed by atoms with Crippen molar-refractivity contribution in [2.45, 2.75) is 23.9 Å². The van der Waals surface area contributed by atoms with E-state index in [0.29, 0.717) is 11.5 Å². The molecule has 0 fully saturated rings. The summed E-state index contributed by atoms with van der Waals surface area (Å²) in [5.41, 5.74) is 9.74. The van der Waals surface area contributed by atoms with E-state index in [2.05, 4.69) is 65.7 Å². The Morgan fingerprint density at radius 1 is 0.681 bits per heavy atom. The van der Waals surface area contributed by atoms with Gasteiger partial charge in [0.25, 0.3) is 0 Å². The molecule has 0 bridgehead atoms. The minimum Gasteiger partial charge on any atom is -0.480 e. The Labute approximate surface area is 283 Å². The molecule has 0 aliphatic heterocycles. The SMILES string of the molecule is C=CCOC(=O)N[C@@H](CSCC1c2ccccc2-c2ccccc21)C(=O)N[C@@H](CSCC1c2ccccc2-c2ccccc21)C(=O)O. The highest BCUT2D eigenvalue weighted by molar-refractivity contribution is 7.99. The summed E-state index contributed by atoms with van der Waals surface area (Å²) in [6.07, 6.45) is 0.680. The van der Waals surface area contributed by atoms with Gasteiger partial charge in [-0.15, -0.1) is 0 Å². The average Bonchev–Trinajstić information content (AvgIpc) is 3.59. The van der Waals surface area contributed by atoms with Gasteiger partial charge in [0, 0.05) is 34.8 Å². The van der Waals surface area contributed by atoms with Gasteiger partial charge in [-0.1, -0.05) is 110 Å². The van der Waals surface area contributed by atoms with Crippen molar-refractivity contribution < 1.29 is 24.2 Å². The van der Waals surface area contributed by atoms with Crippen LogP contribution in [0.25, 0.3) is 22.3 Å². The maximum Gasteiger partial charge on any atom is 0.408 e. The number of carboxylic acid groups (broad SMARTS) is 1. The van der Waals surface area contributed by atoms with E-state index in [9.17, 15) is 19.5 Å². The van der Waals surface area contributed by atoms with E-state index in [1.165, 1.54) is 74.1 Å². The molecule has 7 nitrogen and oxygen atoms in total. The fourth-order valence-corrected chi connectivity index (χ4v) is 8.83. The van der Waals surface area contributed by atoms with Crippen LogP contribution in [0.2, 0.25) is 0 Å². The van der Waals surface area contributed by atoms with Crippen molar-refractivity contribution in [1.82, 2.24) is 10.6 Å². The summed E-state index contributed by atoms with van der Waals surface area (Å²) in [6.45, 7) is 3.55. The van der Waals surface area contributed by atoms with Crippen LogP contribution in [-0.4, -0.2) is 64.8 Å². The molecule has 0 saturated heterocycles. The second kappa shape index (κ2) is 15.0. The highest BCUT2D eigenvalue weighted by atomic mass is 32.2. The van der Waals surface area contributed by atoms with Gasteiger partial charge >= 0.3 is 12.1 Å². The van der Waals surface area contributed by atoms with Crippen molar-refractivity contribution in [2.75, 3.05) is 29.6 Å². The fourth-order valence-electron chi connectivity index (χ4n) is 6.43. The van der Waals surface area contributed by atoms with Gasteiger partial charge in [0.1, 0.15) is 18.7 Å². The zero-order valence-electron chi connectivity index (χ0n) is 25.8. The molecule has 3 N–H and O–H groups in total. The third-order valence-electron chi connectivity index (χ3n) is 8.62. The first-order chi connectivity index (χ1) is 23.0. The third-order valence-corrected chi connectivity index (χ3v) is 10.9. The predicted molar refractivity (Wildman–Crippen MR) is 190 cm³/mol. The lowest BCUT2D eigenvalue weighted by atomic mass is 9.99. The molecule has 47 heavy (non-hydrogen) atoms. The van der Waals surface area contributed by atoms with E-state index >= 15 is 0 Å². The number of carbonyl (C=O) groups is 3. The van der Waals surface area contributed by atoms with Crippen molar-refractivity contribution in [1.29, 1.82) is 0 Å². The van der Waals surface area contributed by atoms with Gasteiger partial charge in [0.05, 0.1) is 0 Å². The number of thioether (sulfide) groups is 2. The maximum atomic E-state index is 13.6. The standard InChI is InChI=1S/C38H36N2O5S2/c1-2-19-45-38(44)40-34(22-46-20-32-28-15-7-3-11-24(28)25-12-4-8-16-29(25)32)36(41)39-35(37(42)43)23-47-21-33-30-17-9-5-13-26(30)27-14-6-10-18-31(27)33/h2-18,32-35H,1,19-23H2,(H,39,41)(H,40,44)(H,42,43)/t34-,35-/m0/s1. The molecule has 0 unspecified atom stereocenters. The Morgan fingerprint density at radius 2 is 1.09 bits per heavy atom. The van der Waals surface area contributed by atoms with Crippen LogP contribution in [0.3, 0.4) is 0 Å². The minimum absolute atomic E-state index is 0.00915. The molecule has 2 aliphatic carbocycles. The summed E-state index contributed by atoms with van der Waals surface area (Å²) in [7, 11) is 0. The predicted octanol–water partition coefficient (Wildman–Crippen LogP) is 6.93. The summed E-state index contributed by atoms with van der Waals surface area (Å²) < 4.78 is 5.10. The van der Waals surface area contributed by atoms with E-state index in [1.807, 2.05) is 48.5 Å². The first-order valence-electron chi connectivity index (χ1n) is 15.6. The average molecular weight is 665 g/mol. The van der Waals surface area contributed by atoms with Crippen molar-refractivity contribution in [3.8, 4) is 22.3 Å². The molecule has 0 radical (unpaired) electrons. The Hall–Kier alpha value is -4.47. The molecule has 2 atom stereocenters. The van der Waals surface area contributed by atoms with E-state index in [1.54, 1.807) is 0 Å². The molecule has 9 heteroatoms. The smallest absolute Gasteiger partial charge is 0.408 e. The van der Waals surface area contributed by atoms with Gasteiger partial charge < -0.3 is 20.5 Å². The van der Waals surface area contributed by atoms with Gasteiger partial charge in [-0.25, -0.2) is 9.59 Å². The van der Waals surface area contributed by atoms with Crippen LogP contribution in [0.5, 0.6) is 0 Å². The molecule has 6 rings (SSSR count). The Bertz CT molecular complexity index is 1700. The molecule has 4 aromatic rings. The number of aliphatic carboxylic acids is 1. The number of ether oxygens (including phenoxy) is 1. The van der Waals surface area contributed by atoms with Crippen LogP contribution in [0, 0.1) is 0 Å². The van der Waals surface area contributed by atoms with E-state index in [-0.39, 0.29) is 29.9 Å². The number of carbonyl (C=O) groups excluding carboxylic acids is 2. The first kappa shape index (κ1) is 32.5. The molecule has 0 heterocycles. The Kier molecular flexibility index (Phi) is 10.3. The summed E-state index contributed by atoms with van der Waals surface area (Å²) in [6, 6.07) is 31.1. The van der Waals surface area contributed by atoms with Crippen molar-refractivity contribution in [3.63, 3.8) is 0 Å². The zero-order valence-corrected chi connectivity index (χ0v) is 27.4. The van der Waals surface area contributed by atoms with Crippen LogP contribution in [-0.2, 0) is 14.3 Å². The lowest BCUT2D eigenvalue weighted by molar-refractivity contribution is -0.141. The number of fused-ring (bicyclic) bond motifs is 6. The second-order valence-electron chi connectivity index (χ2n) is 11.5. The highest BCUT2D eigenvalue weighted by Gasteiger charge is 2.32. The van der Waals surface area contributed by atoms with Crippen molar-refractivity contribution in [3.05, 3.63) is 132 Å². The van der Waals surface area contributed by atoms with Gasteiger partial charge in [-0.05, 0) is 44.5 Å². The lowest BCUT2D eigenvalue weighted by Gasteiger charge is -2.22. The van der Waals surface area contributed by atoms with Gasteiger partial charge in [-0.2, -0.15) is 23.5 Å².